The third-order valence-electron chi connectivity index (χ3n) is 1.77. The van der Waals surface area contributed by atoms with Crippen LogP contribution in [0.4, 0.5) is 0 Å². The van der Waals surface area contributed by atoms with E-state index in [9.17, 15) is 5.11 Å². The van der Waals surface area contributed by atoms with Crippen molar-refractivity contribution in [3.05, 3.63) is 0 Å². The predicted molar refractivity (Wildman–Crippen MR) is 48.1 cm³/mol. The normalized spacial score (nSPS) is 13.2. The molecule has 0 saturated carbocycles. The first-order valence-corrected chi connectivity index (χ1v) is 4.01. The summed E-state index contributed by atoms with van der Waals surface area (Å²) in [4.78, 5) is 0. The molecule has 0 spiro atoms. The Labute approximate surface area is 69.1 Å². The molecule has 0 aliphatic heterocycles. The van der Waals surface area contributed by atoms with Crippen molar-refractivity contribution in [3.63, 3.8) is 0 Å². The first kappa shape index (κ1) is 10.6. The second kappa shape index (κ2) is 3.35. The highest BCUT2D eigenvalue weighted by Crippen LogP contribution is 2.23. The molecule has 0 heterocycles. The third-order valence-corrected chi connectivity index (χ3v) is 1.77. The van der Waals surface area contributed by atoms with Crippen LogP contribution in [0.15, 0.2) is 0 Å². The van der Waals surface area contributed by atoms with Crippen LogP contribution in [0.25, 0.3) is 0 Å². The van der Waals surface area contributed by atoms with Gasteiger partial charge in [-0.25, -0.2) is 0 Å². The minimum absolute atomic E-state index is 0.0694. The molecular formula is C9H19NO. The van der Waals surface area contributed by atoms with Crippen molar-refractivity contribution in [3.8, 4) is 0 Å². The Hall–Kier alpha value is -0.370. The van der Waals surface area contributed by atoms with Crippen LogP contribution in [-0.4, -0.2) is 16.9 Å². The summed E-state index contributed by atoms with van der Waals surface area (Å²) in [6.45, 7) is 7.61. The zero-order valence-corrected chi connectivity index (χ0v) is 7.94. The maximum Gasteiger partial charge on any atom is 0.0592 e. The van der Waals surface area contributed by atoms with Crippen LogP contribution in [0.2, 0.25) is 0 Å². The van der Waals surface area contributed by atoms with Gasteiger partial charge in [-0.15, -0.1) is 0 Å². The molecule has 0 aliphatic rings. The first-order valence-electron chi connectivity index (χ1n) is 4.01. The molecule has 2 nitrogen and oxygen atoms in total. The van der Waals surface area contributed by atoms with Gasteiger partial charge in [0, 0.05) is 6.21 Å². The molecule has 0 aromatic heterocycles. The van der Waals surface area contributed by atoms with E-state index in [4.69, 9.17) is 5.41 Å². The molecule has 0 saturated heterocycles. The number of hydrogen-bond donors (Lipinski definition) is 2. The monoisotopic (exact) mass is 157 g/mol. The zero-order chi connectivity index (χ0) is 9.12. The van der Waals surface area contributed by atoms with Crippen molar-refractivity contribution in [1.29, 1.82) is 5.41 Å². The molecule has 0 rings (SSSR count). The summed E-state index contributed by atoms with van der Waals surface area (Å²) in [6.07, 6.45) is 3.05. The molecule has 0 fully saturated rings. The summed E-state index contributed by atoms with van der Waals surface area (Å²) in [5, 5.41) is 16.5. The molecule has 0 unspecified atom stereocenters. The average molecular weight is 157 g/mol. The van der Waals surface area contributed by atoms with Crippen molar-refractivity contribution in [2.75, 3.05) is 0 Å². The molecule has 0 radical (unpaired) electrons. The van der Waals surface area contributed by atoms with Crippen molar-refractivity contribution in [2.45, 2.75) is 46.1 Å². The fourth-order valence-corrected chi connectivity index (χ4v) is 0.700. The van der Waals surface area contributed by atoms with Gasteiger partial charge in [-0.1, -0.05) is 13.8 Å². The van der Waals surface area contributed by atoms with E-state index in [0.717, 1.165) is 12.8 Å². The highest BCUT2D eigenvalue weighted by molar-refractivity contribution is 5.60. The van der Waals surface area contributed by atoms with E-state index in [1.807, 2.05) is 13.8 Å². The maximum atomic E-state index is 9.40. The Balaban J connectivity index is 3.79. The lowest BCUT2D eigenvalue weighted by Gasteiger charge is -2.24. The van der Waals surface area contributed by atoms with Crippen molar-refractivity contribution in [1.82, 2.24) is 0 Å². The molecule has 2 heteroatoms. The third kappa shape index (κ3) is 6.05. The number of aliphatic hydroxyl groups is 1. The lowest BCUT2D eigenvalue weighted by atomic mass is 9.85. The van der Waals surface area contributed by atoms with Crippen LogP contribution in [0.1, 0.15) is 40.5 Å². The van der Waals surface area contributed by atoms with Gasteiger partial charge in [0.15, 0.2) is 0 Å². The van der Waals surface area contributed by atoms with E-state index in [2.05, 4.69) is 0 Å². The first-order chi connectivity index (χ1) is 4.77. The van der Waals surface area contributed by atoms with Crippen LogP contribution >= 0.6 is 0 Å². The summed E-state index contributed by atoms with van der Waals surface area (Å²) in [5.41, 5.74) is -0.666. The second-order valence-electron chi connectivity index (χ2n) is 4.45. The van der Waals surface area contributed by atoms with Gasteiger partial charge in [0.2, 0.25) is 0 Å². The summed E-state index contributed by atoms with van der Waals surface area (Å²) >= 11 is 0. The molecule has 0 amide bonds. The van der Waals surface area contributed by atoms with E-state index in [1.165, 1.54) is 6.21 Å². The van der Waals surface area contributed by atoms with Gasteiger partial charge in [0.1, 0.15) is 0 Å². The number of nitrogens with one attached hydrogen (secondary N) is 1. The predicted octanol–water partition coefficient (Wildman–Crippen LogP) is 2.21. The fourth-order valence-electron chi connectivity index (χ4n) is 0.700. The number of rotatable bonds is 4. The SMILES string of the molecule is CC(C)(O)CCC(C)(C)C=N. The average Bonchev–Trinajstić information content (AvgIpc) is 1.83. The number of hydrogen-bond acceptors (Lipinski definition) is 2. The fraction of sp³-hybridized carbons (Fsp3) is 0.889. The summed E-state index contributed by atoms with van der Waals surface area (Å²) in [5.74, 6) is 0. The molecule has 0 aliphatic carbocycles. The van der Waals surface area contributed by atoms with E-state index in [-0.39, 0.29) is 5.41 Å². The Bertz CT molecular complexity index is 133. The van der Waals surface area contributed by atoms with Crippen LogP contribution < -0.4 is 0 Å². The van der Waals surface area contributed by atoms with Crippen molar-refractivity contribution >= 4 is 6.21 Å². The van der Waals surface area contributed by atoms with E-state index in [1.54, 1.807) is 13.8 Å². The molecule has 66 valence electrons. The van der Waals surface area contributed by atoms with Gasteiger partial charge >= 0.3 is 0 Å². The van der Waals surface area contributed by atoms with Crippen LogP contribution in [0.3, 0.4) is 0 Å². The van der Waals surface area contributed by atoms with E-state index >= 15 is 0 Å². The molecule has 0 bridgehead atoms. The molecule has 2 N–H and O–H groups in total. The van der Waals surface area contributed by atoms with E-state index in [0.29, 0.717) is 0 Å². The van der Waals surface area contributed by atoms with Crippen molar-refractivity contribution < 1.29 is 5.11 Å². The minimum atomic E-state index is -0.597. The summed E-state index contributed by atoms with van der Waals surface area (Å²) in [6, 6.07) is 0. The molecule has 11 heavy (non-hydrogen) atoms. The lowest BCUT2D eigenvalue weighted by molar-refractivity contribution is 0.0622. The van der Waals surface area contributed by atoms with Gasteiger partial charge in [0.25, 0.3) is 0 Å². The Morgan fingerprint density at radius 3 is 1.91 bits per heavy atom. The highest BCUT2D eigenvalue weighted by Gasteiger charge is 2.20. The van der Waals surface area contributed by atoms with Gasteiger partial charge in [-0.2, -0.15) is 0 Å². The molecule has 0 atom stereocenters. The van der Waals surface area contributed by atoms with Crippen LogP contribution in [-0.2, 0) is 0 Å². The zero-order valence-electron chi connectivity index (χ0n) is 7.94. The lowest BCUT2D eigenvalue weighted by Crippen LogP contribution is -2.23. The highest BCUT2D eigenvalue weighted by atomic mass is 16.3. The topological polar surface area (TPSA) is 44.1 Å². The standard InChI is InChI=1S/C9H19NO/c1-8(2,7-10)5-6-9(3,4)11/h7,10-11H,5-6H2,1-4H3. The Morgan fingerprint density at radius 1 is 1.18 bits per heavy atom. The summed E-state index contributed by atoms with van der Waals surface area (Å²) in [7, 11) is 0. The molecular weight excluding hydrogens is 138 g/mol. The van der Waals surface area contributed by atoms with Crippen molar-refractivity contribution in [2.24, 2.45) is 5.41 Å². The Morgan fingerprint density at radius 2 is 1.64 bits per heavy atom. The largest absolute Gasteiger partial charge is 0.390 e. The minimum Gasteiger partial charge on any atom is -0.390 e. The summed E-state index contributed by atoms with van der Waals surface area (Å²) < 4.78 is 0. The molecule has 0 aromatic carbocycles. The Kier molecular flexibility index (Phi) is 3.24. The van der Waals surface area contributed by atoms with Gasteiger partial charge < -0.3 is 10.5 Å². The van der Waals surface area contributed by atoms with Crippen LogP contribution in [0, 0.1) is 10.8 Å². The van der Waals surface area contributed by atoms with E-state index < -0.39 is 5.60 Å². The van der Waals surface area contributed by atoms with Gasteiger partial charge in [-0.3, -0.25) is 0 Å². The maximum absolute atomic E-state index is 9.40. The van der Waals surface area contributed by atoms with Crippen LogP contribution in [0.5, 0.6) is 0 Å². The van der Waals surface area contributed by atoms with Gasteiger partial charge in [-0.05, 0) is 32.1 Å². The molecule has 0 aromatic rings. The quantitative estimate of drug-likeness (QED) is 0.604. The van der Waals surface area contributed by atoms with Gasteiger partial charge in [0.05, 0.1) is 5.60 Å². The second-order valence-corrected chi connectivity index (χ2v) is 4.45. The smallest absolute Gasteiger partial charge is 0.0592 e.